The quantitative estimate of drug-likeness (QED) is 0.344. The van der Waals surface area contributed by atoms with Crippen molar-refractivity contribution < 1.29 is 9.53 Å². The zero-order valence-corrected chi connectivity index (χ0v) is 21.3. The molecule has 0 unspecified atom stereocenters. The van der Waals surface area contributed by atoms with E-state index in [2.05, 4.69) is 24.9 Å². The molecule has 5 rings (SSSR count). The van der Waals surface area contributed by atoms with Crippen molar-refractivity contribution in [1.82, 2.24) is 24.3 Å². The Morgan fingerprint density at radius 3 is 2.14 bits per heavy atom. The molecule has 190 valence electrons. The average Bonchev–Trinajstić information content (AvgIpc) is 3.21. The van der Waals surface area contributed by atoms with E-state index >= 15 is 0 Å². The molecule has 11 heteroatoms. The second-order valence-electron chi connectivity index (χ2n) is 8.67. The molecule has 0 bridgehead atoms. The van der Waals surface area contributed by atoms with E-state index in [0.29, 0.717) is 33.8 Å². The first-order valence-electron chi connectivity index (χ1n) is 11.8. The topological polar surface area (TPSA) is 98.4 Å². The molecule has 3 heterocycles. The van der Waals surface area contributed by atoms with Crippen LogP contribution in [0, 0.1) is 6.92 Å². The Bertz CT molecular complexity index is 1440. The van der Waals surface area contributed by atoms with Gasteiger partial charge < -0.3 is 14.5 Å². The summed E-state index contributed by atoms with van der Waals surface area (Å²) in [4.78, 5) is 38.9. The van der Waals surface area contributed by atoms with E-state index in [0.717, 1.165) is 31.9 Å². The molecule has 0 radical (unpaired) electrons. The molecule has 0 atom stereocenters. The van der Waals surface area contributed by atoms with Crippen molar-refractivity contribution in [3.8, 4) is 11.4 Å². The van der Waals surface area contributed by atoms with Gasteiger partial charge in [-0.05, 0) is 55.5 Å². The normalized spacial score (nSPS) is 13.6. The number of ether oxygens (including phenoxy) is 1. The zero-order chi connectivity index (χ0) is 25.9. The van der Waals surface area contributed by atoms with Crippen LogP contribution >= 0.6 is 11.6 Å². The summed E-state index contributed by atoms with van der Waals surface area (Å²) in [7, 11) is 1.59. The van der Waals surface area contributed by atoms with Crippen LogP contribution in [0.2, 0.25) is 5.02 Å². The van der Waals surface area contributed by atoms with Crippen molar-refractivity contribution in [3.05, 3.63) is 87.8 Å². The molecule has 1 aliphatic rings. The maximum Gasteiger partial charge on any atom is 0.350 e. The van der Waals surface area contributed by atoms with Crippen molar-refractivity contribution >= 4 is 29.0 Å². The number of aromatic nitrogens is 5. The van der Waals surface area contributed by atoms with Gasteiger partial charge in [-0.3, -0.25) is 4.79 Å². The highest BCUT2D eigenvalue weighted by Gasteiger charge is 2.20. The van der Waals surface area contributed by atoms with Gasteiger partial charge in [0.25, 0.3) is 0 Å². The van der Waals surface area contributed by atoms with Crippen molar-refractivity contribution in [2.75, 3.05) is 43.1 Å². The highest BCUT2D eigenvalue weighted by Crippen LogP contribution is 2.21. The molecule has 2 aromatic heterocycles. The second kappa shape index (κ2) is 10.4. The summed E-state index contributed by atoms with van der Waals surface area (Å²) >= 11 is 5.90. The molecule has 2 aromatic carbocycles. The Morgan fingerprint density at radius 2 is 1.51 bits per heavy atom. The van der Waals surface area contributed by atoms with Gasteiger partial charge in [-0.15, -0.1) is 0 Å². The number of halogens is 1. The molecule has 10 nitrogen and oxygen atoms in total. The minimum absolute atomic E-state index is 0.144. The number of carbonyl (C=O) groups excluding carboxylic acids is 1. The summed E-state index contributed by atoms with van der Waals surface area (Å²) in [6.07, 6.45) is 3.35. The number of methoxy groups -OCH3 is 1. The summed E-state index contributed by atoms with van der Waals surface area (Å²) in [5.41, 5.74) is 1.88. The number of carbonyl (C=O) groups is 1. The third kappa shape index (κ3) is 5.19. The zero-order valence-electron chi connectivity index (χ0n) is 20.5. The first-order chi connectivity index (χ1) is 17.9. The number of aryl methyl sites for hydroxylation is 1. The van der Waals surface area contributed by atoms with Gasteiger partial charge in [0, 0.05) is 42.5 Å². The molecule has 1 aliphatic heterocycles. The number of Topliss-reactive ketones (excluding diaryl/α,β-unsaturated/α-hetero) is 1. The maximum atomic E-state index is 13.1. The molecule has 0 amide bonds. The summed E-state index contributed by atoms with van der Waals surface area (Å²) in [6, 6.07) is 14.4. The SMILES string of the molecule is COc1cnc(N2CCN(c3ccc(-n4c(C)nn(CC(=O)c5ccc(Cl)cc5)c4=O)cc3)CC2)nc1. The predicted octanol–water partition coefficient (Wildman–Crippen LogP) is 3.00. The number of hydrogen-bond donors (Lipinski definition) is 0. The van der Waals surface area contributed by atoms with Gasteiger partial charge in [0.15, 0.2) is 11.5 Å². The lowest BCUT2D eigenvalue weighted by molar-refractivity contribution is 0.0966. The Hall–Kier alpha value is -4.18. The average molecular weight is 520 g/mol. The van der Waals surface area contributed by atoms with Gasteiger partial charge in [0.05, 0.1) is 25.2 Å². The monoisotopic (exact) mass is 519 g/mol. The number of ketones is 1. The Kier molecular flexibility index (Phi) is 6.91. The van der Waals surface area contributed by atoms with E-state index in [1.165, 1.54) is 9.25 Å². The smallest absolute Gasteiger partial charge is 0.350 e. The van der Waals surface area contributed by atoms with Crippen LogP contribution in [0.15, 0.2) is 65.7 Å². The first kappa shape index (κ1) is 24.5. The minimum atomic E-state index is -0.360. The summed E-state index contributed by atoms with van der Waals surface area (Å²) < 4.78 is 7.84. The van der Waals surface area contributed by atoms with Crippen molar-refractivity contribution in [3.63, 3.8) is 0 Å². The van der Waals surface area contributed by atoms with E-state index in [-0.39, 0.29) is 18.0 Å². The lowest BCUT2D eigenvalue weighted by Crippen LogP contribution is -2.47. The Balaban J connectivity index is 1.25. The molecule has 0 N–H and O–H groups in total. The molecule has 0 aliphatic carbocycles. The van der Waals surface area contributed by atoms with Crippen LogP contribution in [0.4, 0.5) is 11.6 Å². The van der Waals surface area contributed by atoms with Crippen LogP contribution < -0.4 is 20.2 Å². The largest absolute Gasteiger partial charge is 0.494 e. The molecular weight excluding hydrogens is 494 g/mol. The van der Waals surface area contributed by atoms with E-state index in [1.54, 1.807) is 50.7 Å². The van der Waals surface area contributed by atoms with Crippen LogP contribution in [0.1, 0.15) is 16.2 Å². The molecule has 1 fully saturated rings. The fourth-order valence-electron chi connectivity index (χ4n) is 4.33. The molecule has 37 heavy (non-hydrogen) atoms. The molecular formula is C26H26ClN7O3. The Labute approximate surface area is 218 Å². The number of nitrogens with zero attached hydrogens (tertiary/aromatic N) is 7. The van der Waals surface area contributed by atoms with Gasteiger partial charge >= 0.3 is 5.69 Å². The molecule has 0 saturated carbocycles. The van der Waals surface area contributed by atoms with E-state index < -0.39 is 0 Å². The van der Waals surface area contributed by atoms with Crippen LogP contribution in [0.3, 0.4) is 0 Å². The summed E-state index contributed by atoms with van der Waals surface area (Å²) in [5.74, 6) is 1.63. The van der Waals surface area contributed by atoms with Gasteiger partial charge in [-0.2, -0.15) is 5.10 Å². The van der Waals surface area contributed by atoms with Gasteiger partial charge in [-0.25, -0.2) is 24.0 Å². The van der Waals surface area contributed by atoms with Crippen LogP contribution in [0.5, 0.6) is 5.75 Å². The highest BCUT2D eigenvalue weighted by atomic mass is 35.5. The standard InChI is InChI=1S/C26H26ClN7O3/c1-18-30-33(17-24(35)19-3-5-20(27)6-4-19)26(36)34(18)22-9-7-21(8-10-22)31-11-13-32(14-12-31)25-28-15-23(37-2)16-29-25/h3-10,15-16H,11-14,17H2,1-2H3. The minimum Gasteiger partial charge on any atom is -0.494 e. The van der Waals surface area contributed by atoms with Gasteiger partial charge in [-0.1, -0.05) is 11.6 Å². The van der Waals surface area contributed by atoms with Crippen molar-refractivity contribution in [2.24, 2.45) is 0 Å². The van der Waals surface area contributed by atoms with Crippen molar-refractivity contribution in [2.45, 2.75) is 13.5 Å². The van der Waals surface area contributed by atoms with Crippen LogP contribution in [-0.4, -0.2) is 63.4 Å². The molecule has 0 spiro atoms. The van der Waals surface area contributed by atoms with E-state index in [9.17, 15) is 9.59 Å². The van der Waals surface area contributed by atoms with Gasteiger partial charge in [0.1, 0.15) is 12.4 Å². The fraction of sp³-hybridized carbons (Fsp3) is 0.269. The number of rotatable bonds is 7. The van der Waals surface area contributed by atoms with Crippen LogP contribution in [-0.2, 0) is 6.54 Å². The number of anilines is 2. The van der Waals surface area contributed by atoms with Crippen molar-refractivity contribution in [1.29, 1.82) is 0 Å². The lowest BCUT2D eigenvalue weighted by Gasteiger charge is -2.36. The number of benzene rings is 2. The van der Waals surface area contributed by atoms with E-state index in [4.69, 9.17) is 16.3 Å². The second-order valence-corrected chi connectivity index (χ2v) is 9.10. The first-order valence-corrected chi connectivity index (χ1v) is 12.2. The predicted molar refractivity (Wildman–Crippen MR) is 141 cm³/mol. The van der Waals surface area contributed by atoms with Gasteiger partial charge in [0.2, 0.25) is 5.95 Å². The maximum absolute atomic E-state index is 13.1. The van der Waals surface area contributed by atoms with E-state index in [1.807, 2.05) is 24.3 Å². The third-order valence-corrected chi connectivity index (χ3v) is 6.60. The summed E-state index contributed by atoms with van der Waals surface area (Å²) in [5, 5.41) is 4.86. The van der Waals surface area contributed by atoms with Crippen LogP contribution in [0.25, 0.3) is 5.69 Å². The molecule has 1 saturated heterocycles. The highest BCUT2D eigenvalue weighted by molar-refractivity contribution is 6.30. The number of hydrogen-bond acceptors (Lipinski definition) is 8. The third-order valence-electron chi connectivity index (χ3n) is 6.35. The Morgan fingerprint density at radius 1 is 0.919 bits per heavy atom. The summed E-state index contributed by atoms with van der Waals surface area (Å²) in [6.45, 7) is 4.83. The molecule has 4 aromatic rings. The lowest BCUT2D eigenvalue weighted by atomic mass is 10.1. The fourth-order valence-corrected chi connectivity index (χ4v) is 4.46. The number of piperazine rings is 1.